The van der Waals surface area contributed by atoms with Crippen molar-refractivity contribution in [2.45, 2.75) is 19.2 Å². The molecule has 0 aliphatic carbocycles. The maximum Gasteiger partial charge on any atom is 0.240 e. The topological polar surface area (TPSA) is 72.7 Å². The van der Waals surface area contributed by atoms with Crippen molar-refractivity contribution >= 4 is 0 Å². The molecule has 8 heteroatoms. The molecular formula is C22H25FN4O3. The van der Waals surface area contributed by atoms with Gasteiger partial charge in [-0.15, -0.1) is 0 Å². The summed E-state index contributed by atoms with van der Waals surface area (Å²) in [4.78, 5) is 6.78. The number of halogens is 1. The van der Waals surface area contributed by atoms with Crippen molar-refractivity contribution in [3.63, 3.8) is 0 Å². The van der Waals surface area contributed by atoms with Crippen LogP contribution in [0.1, 0.15) is 23.3 Å². The molecule has 1 fully saturated rings. The van der Waals surface area contributed by atoms with Crippen LogP contribution in [0.25, 0.3) is 0 Å². The van der Waals surface area contributed by atoms with E-state index in [-0.39, 0.29) is 18.5 Å². The molecule has 2 aromatic carbocycles. The lowest BCUT2D eigenvalue weighted by molar-refractivity contribution is 0.0332. The van der Waals surface area contributed by atoms with Crippen LogP contribution in [0, 0.1) is 5.82 Å². The highest BCUT2D eigenvalue weighted by atomic mass is 19.1. The maximum absolute atomic E-state index is 13.0. The van der Waals surface area contributed by atoms with E-state index in [1.165, 1.54) is 17.7 Å². The molecule has 3 aromatic rings. The number of hydrogen-bond acceptors (Lipinski definition) is 7. The van der Waals surface area contributed by atoms with Gasteiger partial charge in [-0.1, -0.05) is 35.5 Å². The molecule has 1 unspecified atom stereocenters. The Kier molecular flexibility index (Phi) is 7.02. The molecule has 0 spiro atoms. The summed E-state index contributed by atoms with van der Waals surface area (Å²) in [5, 5.41) is 7.49. The summed E-state index contributed by atoms with van der Waals surface area (Å²) in [6, 6.07) is 16.3. The Labute approximate surface area is 174 Å². The maximum atomic E-state index is 13.0. The number of rotatable bonds is 9. The Morgan fingerprint density at radius 1 is 1.07 bits per heavy atom. The van der Waals surface area contributed by atoms with Crippen LogP contribution in [0.4, 0.5) is 4.39 Å². The minimum Gasteiger partial charge on any atom is -0.485 e. The van der Waals surface area contributed by atoms with Crippen LogP contribution in [-0.2, 0) is 17.9 Å². The Balaban J connectivity index is 1.33. The van der Waals surface area contributed by atoms with E-state index in [1.807, 2.05) is 18.2 Å². The van der Waals surface area contributed by atoms with Gasteiger partial charge in [-0.2, -0.15) is 4.98 Å². The zero-order valence-electron chi connectivity index (χ0n) is 16.7. The van der Waals surface area contributed by atoms with Gasteiger partial charge < -0.3 is 19.3 Å². The van der Waals surface area contributed by atoms with Gasteiger partial charge in [-0.25, -0.2) is 4.39 Å². The fraction of sp³-hybridized carbons (Fsp3) is 0.364. The molecule has 2 heterocycles. The first-order valence-electron chi connectivity index (χ1n) is 10.0. The zero-order valence-corrected chi connectivity index (χ0v) is 16.7. The minimum atomic E-state index is -0.305. The Morgan fingerprint density at radius 3 is 2.60 bits per heavy atom. The number of nitrogens with one attached hydrogen (secondary N) is 1. The van der Waals surface area contributed by atoms with E-state index in [0.717, 1.165) is 32.8 Å². The van der Waals surface area contributed by atoms with Crippen LogP contribution >= 0.6 is 0 Å². The Bertz CT molecular complexity index is 898. The summed E-state index contributed by atoms with van der Waals surface area (Å²) in [5.41, 5.74) is 1.21. The summed E-state index contributed by atoms with van der Waals surface area (Å²) in [5.74, 6) is 1.19. The second-order valence-corrected chi connectivity index (χ2v) is 7.10. The fourth-order valence-corrected chi connectivity index (χ4v) is 3.32. The first kappa shape index (κ1) is 20.5. The van der Waals surface area contributed by atoms with E-state index < -0.39 is 0 Å². The molecule has 0 bridgehead atoms. The number of morpholine rings is 1. The standard InChI is InChI=1S/C22H25FN4O3/c23-18-6-8-19(9-7-18)29-16-21-25-22(30-26-21)14-24-20(17-4-2-1-3-5-17)15-27-10-12-28-13-11-27/h1-9,20,24H,10-16H2. The van der Waals surface area contributed by atoms with E-state index in [9.17, 15) is 4.39 Å². The van der Waals surface area contributed by atoms with Crippen molar-refractivity contribution < 1.29 is 18.4 Å². The van der Waals surface area contributed by atoms with Crippen molar-refractivity contribution in [2.24, 2.45) is 0 Å². The second kappa shape index (κ2) is 10.3. The highest BCUT2D eigenvalue weighted by Gasteiger charge is 2.19. The minimum absolute atomic E-state index is 0.134. The zero-order chi connectivity index (χ0) is 20.6. The molecule has 1 aromatic heterocycles. The Hall–Kier alpha value is -2.81. The molecule has 1 aliphatic rings. The lowest BCUT2D eigenvalue weighted by Crippen LogP contribution is -2.41. The molecule has 0 amide bonds. The summed E-state index contributed by atoms with van der Waals surface area (Å²) in [6.07, 6.45) is 0. The first-order chi connectivity index (χ1) is 14.8. The molecule has 1 N–H and O–H groups in total. The van der Waals surface area contributed by atoms with Crippen LogP contribution in [0.2, 0.25) is 0 Å². The highest BCUT2D eigenvalue weighted by molar-refractivity contribution is 5.22. The number of hydrogen-bond donors (Lipinski definition) is 1. The van der Waals surface area contributed by atoms with Gasteiger partial charge >= 0.3 is 0 Å². The quantitative estimate of drug-likeness (QED) is 0.579. The van der Waals surface area contributed by atoms with Gasteiger partial charge in [0.2, 0.25) is 11.7 Å². The van der Waals surface area contributed by atoms with E-state index in [1.54, 1.807) is 12.1 Å². The van der Waals surface area contributed by atoms with Gasteiger partial charge in [-0.05, 0) is 29.8 Å². The third kappa shape index (κ3) is 5.85. The average Bonchev–Trinajstić information content (AvgIpc) is 3.25. The van der Waals surface area contributed by atoms with E-state index in [2.05, 4.69) is 32.5 Å². The monoisotopic (exact) mass is 412 g/mol. The molecule has 1 atom stereocenters. The van der Waals surface area contributed by atoms with Crippen molar-refractivity contribution in [1.82, 2.24) is 20.4 Å². The highest BCUT2D eigenvalue weighted by Crippen LogP contribution is 2.16. The molecule has 0 saturated carbocycles. The van der Waals surface area contributed by atoms with Crippen molar-refractivity contribution in [3.8, 4) is 5.75 Å². The molecule has 158 valence electrons. The summed E-state index contributed by atoms with van der Waals surface area (Å²) in [7, 11) is 0. The van der Waals surface area contributed by atoms with Gasteiger partial charge in [0.15, 0.2) is 6.61 Å². The summed E-state index contributed by atoms with van der Waals surface area (Å²) >= 11 is 0. The van der Waals surface area contributed by atoms with Gasteiger partial charge in [0.05, 0.1) is 19.8 Å². The lowest BCUT2D eigenvalue weighted by atomic mass is 10.1. The molecule has 7 nitrogen and oxygen atoms in total. The van der Waals surface area contributed by atoms with Gasteiger partial charge in [0, 0.05) is 25.7 Å². The predicted molar refractivity (Wildman–Crippen MR) is 108 cm³/mol. The van der Waals surface area contributed by atoms with Crippen LogP contribution in [0.15, 0.2) is 59.1 Å². The van der Waals surface area contributed by atoms with E-state index in [4.69, 9.17) is 14.0 Å². The molecular weight excluding hydrogens is 387 g/mol. The van der Waals surface area contributed by atoms with Gasteiger partial charge in [0.1, 0.15) is 11.6 Å². The van der Waals surface area contributed by atoms with Crippen molar-refractivity contribution in [2.75, 3.05) is 32.8 Å². The van der Waals surface area contributed by atoms with Gasteiger partial charge in [-0.3, -0.25) is 4.90 Å². The van der Waals surface area contributed by atoms with E-state index in [0.29, 0.717) is 24.0 Å². The van der Waals surface area contributed by atoms with Gasteiger partial charge in [0.25, 0.3) is 0 Å². The number of benzene rings is 2. The van der Waals surface area contributed by atoms with Crippen molar-refractivity contribution in [1.29, 1.82) is 0 Å². The number of ether oxygens (including phenoxy) is 2. The molecule has 4 rings (SSSR count). The van der Waals surface area contributed by atoms with Crippen LogP contribution in [-0.4, -0.2) is 47.9 Å². The van der Waals surface area contributed by atoms with E-state index >= 15 is 0 Å². The number of nitrogens with zero attached hydrogens (tertiary/aromatic N) is 3. The lowest BCUT2D eigenvalue weighted by Gasteiger charge is -2.31. The average molecular weight is 412 g/mol. The molecule has 0 radical (unpaired) electrons. The molecule has 30 heavy (non-hydrogen) atoms. The second-order valence-electron chi connectivity index (χ2n) is 7.10. The molecule has 1 aliphatic heterocycles. The first-order valence-corrected chi connectivity index (χ1v) is 10.0. The largest absolute Gasteiger partial charge is 0.485 e. The van der Waals surface area contributed by atoms with Crippen molar-refractivity contribution in [3.05, 3.63) is 77.7 Å². The third-order valence-electron chi connectivity index (χ3n) is 4.94. The van der Waals surface area contributed by atoms with Crippen LogP contribution in [0.5, 0.6) is 5.75 Å². The number of aromatic nitrogens is 2. The van der Waals surface area contributed by atoms with Crippen LogP contribution in [0.3, 0.4) is 0 Å². The predicted octanol–water partition coefficient (Wildman–Crippen LogP) is 2.95. The van der Waals surface area contributed by atoms with Crippen LogP contribution < -0.4 is 10.1 Å². The SMILES string of the molecule is Fc1ccc(OCc2noc(CNC(CN3CCOCC3)c3ccccc3)n2)cc1. The fourth-order valence-electron chi connectivity index (χ4n) is 3.32. The Morgan fingerprint density at radius 2 is 1.83 bits per heavy atom. The summed E-state index contributed by atoms with van der Waals surface area (Å²) < 4.78 is 29.3. The summed E-state index contributed by atoms with van der Waals surface area (Å²) in [6.45, 7) is 4.87. The normalized spacial score (nSPS) is 15.8. The third-order valence-corrected chi connectivity index (χ3v) is 4.94. The smallest absolute Gasteiger partial charge is 0.240 e. The molecule has 1 saturated heterocycles.